The molecule has 0 bridgehead atoms. The second-order valence-electron chi connectivity index (χ2n) is 10.3. The summed E-state index contributed by atoms with van der Waals surface area (Å²) in [4.78, 5) is 24.1. The number of thiazole rings is 1. The molecule has 4 heterocycles. The number of halogens is 1. The Kier molecular flexibility index (Phi) is 5.61. The second kappa shape index (κ2) is 8.74. The summed E-state index contributed by atoms with van der Waals surface area (Å²) < 4.78 is 21.4. The van der Waals surface area contributed by atoms with Crippen molar-refractivity contribution < 1.29 is 13.9 Å². The van der Waals surface area contributed by atoms with Gasteiger partial charge in [-0.05, 0) is 55.8 Å². The number of ether oxygens (including phenoxy) is 1. The van der Waals surface area contributed by atoms with Crippen LogP contribution < -0.4 is 10.5 Å². The van der Waals surface area contributed by atoms with Crippen molar-refractivity contribution in [2.45, 2.75) is 25.5 Å². The number of fused-ring (bicyclic) bond motifs is 1. The molecule has 1 aliphatic carbocycles. The molecule has 3 aromatic heterocycles. The van der Waals surface area contributed by atoms with Crippen LogP contribution in [0.2, 0.25) is 0 Å². The SMILES string of the molecule is Cn1nc(-c2cscn2)cc1C(=O)N1CC2C(Oc3cc(C(C)(C)N)cc(-c4ccc(F)cc4)n3)[C@@H]2C1. The summed E-state index contributed by atoms with van der Waals surface area (Å²) in [5, 5.41) is 6.38. The maximum atomic E-state index is 13.4. The van der Waals surface area contributed by atoms with Gasteiger partial charge in [0.25, 0.3) is 5.91 Å². The van der Waals surface area contributed by atoms with Crippen molar-refractivity contribution in [2.24, 2.45) is 24.6 Å². The normalized spacial score (nSPS) is 20.7. The minimum atomic E-state index is -0.598. The first-order valence-electron chi connectivity index (χ1n) is 12.1. The van der Waals surface area contributed by atoms with Crippen LogP contribution in [0.5, 0.6) is 5.88 Å². The number of pyridine rings is 1. The number of benzene rings is 1. The van der Waals surface area contributed by atoms with Crippen molar-refractivity contribution in [1.29, 1.82) is 0 Å². The molecule has 190 valence electrons. The van der Waals surface area contributed by atoms with Gasteiger partial charge in [-0.3, -0.25) is 9.48 Å². The number of hydrogen-bond acceptors (Lipinski definition) is 7. The smallest absolute Gasteiger partial charge is 0.272 e. The third-order valence-corrected chi connectivity index (χ3v) is 7.73. The van der Waals surface area contributed by atoms with Crippen LogP contribution in [-0.4, -0.2) is 49.7 Å². The monoisotopic (exact) mass is 518 g/mol. The van der Waals surface area contributed by atoms with Crippen molar-refractivity contribution >= 4 is 17.2 Å². The van der Waals surface area contributed by atoms with Gasteiger partial charge in [0, 0.05) is 54.5 Å². The minimum absolute atomic E-state index is 0.00846. The summed E-state index contributed by atoms with van der Waals surface area (Å²) in [6.07, 6.45) is -0.00846. The van der Waals surface area contributed by atoms with Crippen LogP contribution in [0.4, 0.5) is 4.39 Å². The summed E-state index contributed by atoms with van der Waals surface area (Å²) in [5.74, 6) is 0.658. The highest BCUT2D eigenvalue weighted by Gasteiger charge is 2.59. The summed E-state index contributed by atoms with van der Waals surface area (Å²) in [6, 6.07) is 11.8. The number of nitrogens with zero attached hydrogens (tertiary/aromatic N) is 5. The van der Waals surface area contributed by atoms with Crippen LogP contribution in [0, 0.1) is 17.7 Å². The number of carbonyl (C=O) groups excluding carboxylic acids is 1. The third kappa shape index (κ3) is 4.51. The van der Waals surface area contributed by atoms with Gasteiger partial charge in [0.15, 0.2) is 0 Å². The third-order valence-electron chi connectivity index (χ3n) is 7.14. The second-order valence-corrected chi connectivity index (χ2v) is 11.1. The fourth-order valence-corrected chi connectivity index (χ4v) is 5.50. The maximum Gasteiger partial charge on any atom is 0.272 e. The zero-order valence-corrected chi connectivity index (χ0v) is 21.6. The number of aryl methyl sites for hydroxylation is 1. The van der Waals surface area contributed by atoms with Gasteiger partial charge in [-0.15, -0.1) is 11.3 Å². The van der Waals surface area contributed by atoms with Gasteiger partial charge < -0.3 is 15.4 Å². The Hall–Kier alpha value is -3.63. The van der Waals surface area contributed by atoms with Crippen LogP contribution in [0.3, 0.4) is 0 Å². The van der Waals surface area contributed by atoms with E-state index in [4.69, 9.17) is 15.5 Å². The van der Waals surface area contributed by atoms with Crippen molar-refractivity contribution in [2.75, 3.05) is 13.1 Å². The molecule has 2 aliphatic rings. The zero-order valence-electron chi connectivity index (χ0n) is 20.8. The Morgan fingerprint density at radius 1 is 1.11 bits per heavy atom. The molecule has 3 atom stereocenters. The van der Waals surface area contributed by atoms with Gasteiger partial charge in [0.05, 0.1) is 11.2 Å². The molecule has 1 aliphatic heterocycles. The van der Waals surface area contributed by atoms with Gasteiger partial charge in [-0.1, -0.05) is 0 Å². The molecule has 0 spiro atoms. The lowest BCUT2D eigenvalue weighted by Crippen LogP contribution is -2.34. The molecule has 1 saturated carbocycles. The predicted octanol–water partition coefficient (Wildman–Crippen LogP) is 4.09. The molecule has 4 aromatic rings. The number of carbonyl (C=O) groups is 1. The molecule has 37 heavy (non-hydrogen) atoms. The lowest BCUT2D eigenvalue weighted by molar-refractivity contribution is 0.0740. The molecular weight excluding hydrogens is 491 g/mol. The molecule has 2 N–H and O–H groups in total. The highest BCUT2D eigenvalue weighted by atomic mass is 32.1. The van der Waals surface area contributed by atoms with Crippen LogP contribution in [-0.2, 0) is 12.6 Å². The van der Waals surface area contributed by atoms with E-state index in [0.29, 0.717) is 36.1 Å². The number of hydrogen-bond donors (Lipinski definition) is 1. The summed E-state index contributed by atoms with van der Waals surface area (Å²) in [6.45, 7) is 5.10. The Balaban J connectivity index is 1.16. The van der Waals surface area contributed by atoms with Gasteiger partial charge in [0.1, 0.15) is 29.0 Å². The van der Waals surface area contributed by atoms with Crippen LogP contribution in [0.15, 0.2) is 53.4 Å². The van der Waals surface area contributed by atoms with E-state index in [9.17, 15) is 9.18 Å². The molecule has 10 heteroatoms. The van der Waals surface area contributed by atoms with E-state index >= 15 is 0 Å². The van der Waals surface area contributed by atoms with Gasteiger partial charge in [0.2, 0.25) is 5.88 Å². The largest absolute Gasteiger partial charge is 0.474 e. The number of amides is 1. The maximum absolute atomic E-state index is 13.4. The van der Waals surface area contributed by atoms with Gasteiger partial charge in [-0.25, -0.2) is 14.4 Å². The molecule has 1 aromatic carbocycles. The first-order chi connectivity index (χ1) is 17.7. The number of nitrogens with two attached hydrogens (primary N) is 1. The zero-order chi connectivity index (χ0) is 25.9. The Morgan fingerprint density at radius 2 is 1.84 bits per heavy atom. The van der Waals surface area contributed by atoms with Crippen molar-refractivity contribution in [3.8, 4) is 28.5 Å². The molecule has 2 fully saturated rings. The highest BCUT2D eigenvalue weighted by Crippen LogP contribution is 2.48. The fraction of sp³-hybridized carbons (Fsp3) is 0.333. The first-order valence-corrected chi connectivity index (χ1v) is 13.1. The highest BCUT2D eigenvalue weighted by molar-refractivity contribution is 7.07. The van der Waals surface area contributed by atoms with Gasteiger partial charge in [-0.2, -0.15) is 5.10 Å². The standard InChI is InChI=1S/C27H27FN6O2S/c1-27(2,29)16-8-20(15-4-6-17(28)7-5-15)31-24(9-16)36-25-18-11-34(12-19(18)25)26(35)23-10-21(32-33(23)3)22-13-37-14-30-22/h4-10,13-14,18-19,25H,11-12,29H2,1-3H3/t18-,19?,25?/m1/s1. The fourth-order valence-electron chi connectivity index (χ4n) is 4.95. The molecule has 1 amide bonds. The Bertz CT molecular complexity index is 1450. The lowest BCUT2D eigenvalue weighted by atomic mass is 9.95. The van der Waals surface area contributed by atoms with Crippen molar-refractivity contribution in [3.05, 3.63) is 70.4 Å². The topological polar surface area (TPSA) is 99.2 Å². The molecule has 8 nitrogen and oxygen atoms in total. The first kappa shape index (κ1) is 23.7. The number of aromatic nitrogens is 4. The average Bonchev–Trinajstić information content (AvgIpc) is 3.36. The van der Waals surface area contributed by atoms with E-state index in [-0.39, 0.29) is 29.7 Å². The predicted molar refractivity (Wildman–Crippen MR) is 138 cm³/mol. The number of rotatable bonds is 6. The average molecular weight is 519 g/mol. The van der Waals surface area contributed by atoms with E-state index < -0.39 is 5.54 Å². The van der Waals surface area contributed by atoms with Crippen LogP contribution in [0.1, 0.15) is 29.9 Å². The quantitative estimate of drug-likeness (QED) is 0.413. The molecule has 6 rings (SSSR count). The van der Waals surface area contributed by atoms with Gasteiger partial charge >= 0.3 is 0 Å². The van der Waals surface area contributed by atoms with Crippen LogP contribution in [0.25, 0.3) is 22.6 Å². The molecule has 0 radical (unpaired) electrons. The van der Waals surface area contributed by atoms with E-state index in [2.05, 4.69) is 10.1 Å². The summed E-state index contributed by atoms with van der Waals surface area (Å²) >= 11 is 1.50. The van der Waals surface area contributed by atoms with Crippen molar-refractivity contribution in [3.63, 3.8) is 0 Å². The molecular formula is C27H27FN6O2S. The summed E-state index contributed by atoms with van der Waals surface area (Å²) in [5.41, 5.74) is 11.9. The van der Waals surface area contributed by atoms with E-state index in [1.54, 1.807) is 35.4 Å². The van der Waals surface area contributed by atoms with E-state index in [0.717, 1.165) is 16.8 Å². The number of piperidine rings is 1. The molecule has 2 unspecified atom stereocenters. The minimum Gasteiger partial charge on any atom is -0.474 e. The van der Waals surface area contributed by atoms with E-state index in [1.165, 1.54) is 23.5 Å². The van der Waals surface area contributed by atoms with E-state index in [1.807, 2.05) is 36.3 Å². The number of likely N-dealkylation sites (tertiary alicyclic amines) is 1. The van der Waals surface area contributed by atoms with Crippen LogP contribution >= 0.6 is 11.3 Å². The summed E-state index contributed by atoms with van der Waals surface area (Å²) in [7, 11) is 1.78. The Labute approximate surface area is 217 Å². The lowest BCUT2D eigenvalue weighted by Gasteiger charge is -2.22. The molecule has 1 saturated heterocycles. The van der Waals surface area contributed by atoms with Crippen molar-refractivity contribution in [1.82, 2.24) is 24.6 Å². The Morgan fingerprint density at radius 3 is 2.49 bits per heavy atom.